The van der Waals surface area contributed by atoms with Crippen LogP contribution >= 0.6 is 0 Å². The number of aryl methyl sites for hydroxylation is 6. The van der Waals surface area contributed by atoms with Crippen LogP contribution in [0.15, 0.2) is 54.6 Å². The molecule has 3 rings (SSSR count). The van der Waals surface area contributed by atoms with Crippen LogP contribution in [-0.4, -0.2) is 21.8 Å². The van der Waals surface area contributed by atoms with E-state index in [1.54, 1.807) is 6.54 Å². The molecule has 0 radical (unpaired) electrons. The summed E-state index contributed by atoms with van der Waals surface area (Å²) in [6.07, 6.45) is 0. The zero-order valence-electron chi connectivity index (χ0n) is 17.1. The average molecular weight is 548 g/mol. The Kier molecular flexibility index (Phi) is 6.19. The van der Waals surface area contributed by atoms with E-state index in [-0.39, 0.29) is 0 Å². The van der Waals surface area contributed by atoms with E-state index in [4.69, 9.17) is 0 Å². The third kappa shape index (κ3) is 4.51. The van der Waals surface area contributed by atoms with E-state index in [2.05, 4.69) is 99.6 Å². The zero-order valence-corrected chi connectivity index (χ0v) is 20.6. The second-order valence-electron chi connectivity index (χ2n) is 7.43. The number of rotatable bonds is 2. The van der Waals surface area contributed by atoms with Crippen molar-refractivity contribution < 1.29 is 0 Å². The fourth-order valence-electron chi connectivity index (χ4n) is 3.92. The molecular weight excluding hydrogens is 521 g/mol. The van der Waals surface area contributed by atoms with E-state index in [0.717, 1.165) is 5.56 Å². The molecule has 0 atom stereocenters. The van der Waals surface area contributed by atoms with Gasteiger partial charge in [0, 0.05) is 0 Å². The van der Waals surface area contributed by atoms with Crippen molar-refractivity contribution in [2.75, 3.05) is 0 Å². The van der Waals surface area contributed by atoms with Gasteiger partial charge in [-0.05, 0) is 0 Å². The second-order valence-corrected chi connectivity index (χ2v) is 14.4. The Morgan fingerprint density at radius 2 is 1.00 bits per heavy atom. The van der Waals surface area contributed by atoms with Gasteiger partial charge in [0.1, 0.15) is 0 Å². The van der Waals surface area contributed by atoms with Crippen LogP contribution < -0.4 is 6.54 Å². The van der Waals surface area contributed by atoms with Gasteiger partial charge in [0.2, 0.25) is 0 Å². The molecule has 0 aliphatic heterocycles. The van der Waals surface area contributed by atoms with E-state index in [0.29, 0.717) is 0 Å². The number of benzene rings is 3. The molecule has 136 valence electrons. The Morgan fingerprint density at radius 1 is 0.593 bits per heavy atom. The van der Waals surface area contributed by atoms with Crippen molar-refractivity contribution in [3.63, 3.8) is 0 Å². The summed E-state index contributed by atoms with van der Waals surface area (Å²) in [5.74, 6) is 3.52. The second kappa shape index (κ2) is 8.41. The standard InChI is InChI=1S/2C9H11.C8H5.Bi/c2*1-7-4-8(2)6-9(3)5-7;1-2-8-6-4-3-5-7-8;/h2*4-5H,1-3H3;3-7H;. The van der Waals surface area contributed by atoms with E-state index < -0.39 is 21.8 Å². The van der Waals surface area contributed by atoms with Gasteiger partial charge in [-0.3, -0.25) is 0 Å². The van der Waals surface area contributed by atoms with Crippen LogP contribution in [0.5, 0.6) is 0 Å². The normalized spacial score (nSPS) is 10.6. The Hall–Kier alpha value is -1.90. The Balaban J connectivity index is 2.25. The summed E-state index contributed by atoms with van der Waals surface area (Å²) >= 11 is -2.50. The number of hydrogen-bond donors (Lipinski definition) is 0. The SMILES string of the molecule is Cc1cc(C)[c]([Bi]([C]#Cc2ccccc2)[c]2c(C)cc(C)cc2C)c(C)c1. The van der Waals surface area contributed by atoms with E-state index in [1.165, 1.54) is 33.4 Å². The Morgan fingerprint density at radius 3 is 1.41 bits per heavy atom. The molecule has 0 heterocycles. The first-order chi connectivity index (χ1) is 12.9. The van der Waals surface area contributed by atoms with Crippen molar-refractivity contribution in [1.29, 1.82) is 0 Å². The summed E-state index contributed by atoms with van der Waals surface area (Å²) in [4.78, 5) is 0. The summed E-state index contributed by atoms with van der Waals surface area (Å²) in [7, 11) is 0. The molecule has 0 saturated heterocycles. The molecule has 0 N–H and O–H groups in total. The van der Waals surface area contributed by atoms with Gasteiger partial charge in [0.15, 0.2) is 0 Å². The van der Waals surface area contributed by atoms with Gasteiger partial charge in [-0.25, -0.2) is 0 Å². The van der Waals surface area contributed by atoms with Gasteiger partial charge in [0.05, 0.1) is 0 Å². The molecule has 0 bridgehead atoms. The summed E-state index contributed by atoms with van der Waals surface area (Å²) in [6.45, 7) is 13.4. The third-order valence-electron chi connectivity index (χ3n) is 4.80. The summed E-state index contributed by atoms with van der Waals surface area (Å²) < 4.78 is 6.92. The fourth-order valence-corrected chi connectivity index (χ4v) is 13.1. The van der Waals surface area contributed by atoms with Crippen molar-refractivity contribution in [1.82, 2.24) is 0 Å². The van der Waals surface area contributed by atoms with Crippen molar-refractivity contribution >= 4 is 28.3 Å². The van der Waals surface area contributed by atoms with E-state index >= 15 is 0 Å². The molecule has 0 amide bonds. The van der Waals surface area contributed by atoms with Crippen molar-refractivity contribution in [3.05, 3.63) is 93.5 Å². The topological polar surface area (TPSA) is 0 Å². The molecule has 0 spiro atoms. The first kappa shape index (κ1) is 19.9. The minimum atomic E-state index is -2.50. The van der Waals surface area contributed by atoms with Gasteiger partial charge in [-0.1, -0.05) is 0 Å². The molecule has 1 heteroatoms. The minimum absolute atomic E-state index is 1.11. The van der Waals surface area contributed by atoms with Crippen LogP contribution in [0.4, 0.5) is 0 Å². The first-order valence-corrected chi connectivity index (χ1v) is 14.6. The van der Waals surface area contributed by atoms with Gasteiger partial charge in [-0.15, -0.1) is 0 Å². The van der Waals surface area contributed by atoms with E-state index in [9.17, 15) is 0 Å². The molecule has 0 aliphatic carbocycles. The van der Waals surface area contributed by atoms with Crippen LogP contribution in [0, 0.1) is 51.1 Å². The zero-order chi connectivity index (χ0) is 19.6. The Labute approximate surface area is 172 Å². The summed E-state index contributed by atoms with van der Waals surface area (Å²) in [5.41, 5.74) is 9.43. The molecule has 3 aromatic carbocycles. The van der Waals surface area contributed by atoms with Crippen LogP contribution in [-0.2, 0) is 0 Å². The monoisotopic (exact) mass is 548 g/mol. The predicted molar refractivity (Wildman–Crippen MR) is 120 cm³/mol. The van der Waals surface area contributed by atoms with Gasteiger partial charge in [-0.2, -0.15) is 0 Å². The molecule has 3 aromatic rings. The number of hydrogen-bond acceptors (Lipinski definition) is 0. The molecule has 0 aliphatic rings. The Bertz CT molecular complexity index is 929. The molecular formula is C26H27Bi. The molecule has 0 saturated carbocycles. The fraction of sp³-hybridized carbons (Fsp3) is 0.231. The van der Waals surface area contributed by atoms with Crippen molar-refractivity contribution in [2.24, 2.45) is 0 Å². The molecule has 27 heavy (non-hydrogen) atoms. The van der Waals surface area contributed by atoms with Crippen LogP contribution in [0.1, 0.15) is 38.9 Å². The van der Waals surface area contributed by atoms with Crippen molar-refractivity contribution in [2.45, 2.75) is 41.5 Å². The predicted octanol–water partition coefficient (Wildman–Crippen LogP) is 4.74. The average Bonchev–Trinajstić information content (AvgIpc) is 2.58. The quantitative estimate of drug-likeness (QED) is 0.321. The van der Waals surface area contributed by atoms with Crippen LogP contribution in [0.3, 0.4) is 0 Å². The molecule has 0 fully saturated rings. The maximum atomic E-state index is 3.82. The molecule has 0 unspecified atom stereocenters. The van der Waals surface area contributed by atoms with Crippen LogP contribution in [0.25, 0.3) is 0 Å². The van der Waals surface area contributed by atoms with Gasteiger partial charge in [0.25, 0.3) is 0 Å². The third-order valence-corrected chi connectivity index (χ3v) is 15.1. The summed E-state index contributed by atoms with van der Waals surface area (Å²) in [6, 6.07) is 19.7. The molecule has 0 aromatic heterocycles. The van der Waals surface area contributed by atoms with Gasteiger partial charge < -0.3 is 0 Å². The van der Waals surface area contributed by atoms with Crippen LogP contribution in [0.2, 0.25) is 0 Å². The molecule has 0 nitrogen and oxygen atoms in total. The van der Waals surface area contributed by atoms with E-state index in [1.807, 2.05) is 6.07 Å². The van der Waals surface area contributed by atoms with Gasteiger partial charge >= 0.3 is 173 Å². The van der Waals surface area contributed by atoms with Crippen molar-refractivity contribution in [3.8, 4) is 9.55 Å². The summed E-state index contributed by atoms with van der Waals surface area (Å²) in [5, 5.41) is 0. The maximum absolute atomic E-state index is 3.82. The first-order valence-electron chi connectivity index (χ1n) is 9.39.